The molecule has 1 amide bonds. The molecule has 1 aromatic rings. The average Bonchev–Trinajstić information content (AvgIpc) is 2.41. The summed E-state index contributed by atoms with van der Waals surface area (Å²) in [7, 11) is 0. The van der Waals surface area contributed by atoms with Gasteiger partial charge in [-0.3, -0.25) is 4.79 Å². The molecule has 0 saturated heterocycles. The fraction of sp³-hybridized carbons (Fsp3) is 0.438. The van der Waals surface area contributed by atoms with E-state index in [4.69, 9.17) is 5.73 Å². The van der Waals surface area contributed by atoms with Crippen LogP contribution in [0.15, 0.2) is 18.2 Å². The first kappa shape index (κ1) is 16.2. The number of rotatable bonds is 4. The van der Waals surface area contributed by atoms with Crippen molar-refractivity contribution in [3.63, 3.8) is 0 Å². The van der Waals surface area contributed by atoms with Gasteiger partial charge in [-0.1, -0.05) is 25.7 Å². The predicted octanol–water partition coefficient (Wildman–Crippen LogP) is 2.25. The largest absolute Gasteiger partial charge is 0.339 e. The lowest BCUT2D eigenvalue weighted by Gasteiger charge is -2.23. The van der Waals surface area contributed by atoms with Crippen molar-refractivity contribution < 1.29 is 9.18 Å². The van der Waals surface area contributed by atoms with Crippen molar-refractivity contribution in [2.24, 2.45) is 11.7 Å². The summed E-state index contributed by atoms with van der Waals surface area (Å²) in [6.07, 6.45) is 0. The smallest absolute Gasteiger partial charge is 0.255 e. The predicted molar refractivity (Wildman–Crippen MR) is 78.7 cm³/mol. The van der Waals surface area contributed by atoms with E-state index in [9.17, 15) is 9.18 Å². The van der Waals surface area contributed by atoms with E-state index in [2.05, 4.69) is 25.7 Å². The minimum Gasteiger partial charge on any atom is -0.339 e. The van der Waals surface area contributed by atoms with Crippen LogP contribution < -0.4 is 5.73 Å². The number of nitrogens with two attached hydrogens (primary N) is 1. The van der Waals surface area contributed by atoms with Gasteiger partial charge in [-0.25, -0.2) is 4.39 Å². The van der Waals surface area contributed by atoms with Crippen molar-refractivity contribution >= 4 is 5.91 Å². The Hall–Kier alpha value is -1.86. The van der Waals surface area contributed by atoms with Crippen LogP contribution in [-0.2, 0) is 0 Å². The molecule has 20 heavy (non-hydrogen) atoms. The van der Waals surface area contributed by atoms with E-state index in [1.165, 1.54) is 18.2 Å². The van der Waals surface area contributed by atoms with E-state index >= 15 is 0 Å². The number of hydrogen-bond donors (Lipinski definition) is 1. The summed E-state index contributed by atoms with van der Waals surface area (Å²) in [5.74, 6) is 5.27. The van der Waals surface area contributed by atoms with Crippen molar-refractivity contribution in [2.45, 2.75) is 20.8 Å². The molecular weight excluding hydrogens is 255 g/mol. The minimum atomic E-state index is -0.408. The summed E-state index contributed by atoms with van der Waals surface area (Å²) in [5.41, 5.74) is 6.15. The molecule has 1 rings (SSSR count). The van der Waals surface area contributed by atoms with E-state index in [1.807, 2.05) is 6.92 Å². The third kappa shape index (κ3) is 4.36. The Labute approximate surface area is 120 Å². The van der Waals surface area contributed by atoms with Crippen LogP contribution in [-0.4, -0.2) is 30.4 Å². The number of carbonyl (C=O) groups excluding carboxylic acids is 1. The summed E-state index contributed by atoms with van der Waals surface area (Å²) >= 11 is 0. The third-order valence-corrected chi connectivity index (χ3v) is 2.79. The summed E-state index contributed by atoms with van der Waals surface area (Å²) in [6, 6.07) is 4.05. The lowest BCUT2D eigenvalue weighted by atomic mass is 10.1. The van der Waals surface area contributed by atoms with Crippen LogP contribution >= 0.6 is 0 Å². The van der Waals surface area contributed by atoms with Gasteiger partial charge in [0.1, 0.15) is 5.82 Å². The zero-order chi connectivity index (χ0) is 15.1. The molecule has 0 unspecified atom stereocenters. The van der Waals surface area contributed by atoms with Crippen LogP contribution in [0.1, 0.15) is 36.7 Å². The van der Waals surface area contributed by atoms with Gasteiger partial charge in [0.25, 0.3) is 5.91 Å². The Balaban J connectivity index is 3.13. The first-order valence-electron chi connectivity index (χ1n) is 6.77. The molecule has 0 heterocycles. The quantitative estimate of drug-likeness (QED) is 0.857. The van der Waals surface area contributed by atoms with E-state index in [-0.39, 0.29) is 12.5 Å². The number of amides is 1. The van der Waals surface area contributed by atoms with Gasteiger partial charge in [-0.2, -0.15) is 0 Å². The van der Waals surface area contributed by atoms with E-state index in [1.54, 1.807) is 4.90 Å². The highest BCUT2D eigenvalue weighted by Gasteiger charge is 2.18. The van der Waals surface area contributed by atoms with E-state index < -0.39 is 5.82 Å². The van der Waals surface area contributed by atoms with Crippen LogP contribution in [0.5, 0.6) is 0 Å². The molecule has 0 radical (unpaired) electrons. The molecule has 0 bridgehead atoms. The molecule has 0 aliphatic heterocycles. The molecule has 1 aromatic carbocycles. The second kappa shape index (κ2) is 7.66. The summed E-state index contributed by atoms with van der Waals surface area (Å²) in [4.78, 5) is 14.3. The third-order valence-electron chi connectivity index (χ3n) is 2.79. The van der Waals surface area contributed by atoms with Crippen LogP contribution in [0, 0.1) is 23.6 Å². The summed E-state index contributed by atoms with van der Waals surface area (Å²) < 4.78 is 13.3. The number of benzene rings is 1. The molecule has 0 aliphatic carbocycles. The van der Waals surface area contributed by atoms with E-state index in [0.717, 1.165) is 0 Å². The van der Waals surface area contributed by atoms with Crippen molar-refractivity contribution in [3.05, 3.63) is 35.1 Å². The van der Waals surface area contributed by atoms with Crippen molar-refractivity contribution in [2.75, 3.05) is 19.6 Å². The molecular formula is C16H21FN2O. The second-order valence-electron chi connectivity index (χ2n) is 4.93. The van der Waals surface area contributed by atoms with E-state index in [0.29, 0.717) is 30.1 Å². The second-order valence-corrected chi connectivity index (χ2v) is 4.93. The first-order chi connectivity index (χ1) is 9.49. The van der Waals surface area contributed by atoms with Gasteiger partial charge >= 0.3 is 0 Å². The number of nitrogens with zero attached hydrogens (tertiary/aromatic N) is 1. The minimum absolute atomic E-state index is 0.123. The van der Waals surface area contributed by atoms with Gasteiger partial charge in [-0.05, 0) is 31.0 Å². The SMILES string of the molecule is CCN(CC(C)C)C(=O)c1ccc(F)cc1C#CCN. The molecule has 0 aliphatic rings. The van der Waals surface area contributed by atoms with Crippen LogP contribution in [0.2, 0.25) is 0 Å². The van der Waals surface area contributed by atoms with Gasteiger partial charge in [0.15, 0.2) is 0 Å². The topological polar surface area (TPSA) is 46.3 Å². The highest BCUT2D eigenvalue weighted by atomic mass is 19.1. The Morgan fingerprint density at radius 1 is 1.45 bits per heavy atom. The Bertz CT molecular complexity index is 529. The number of hydrogen-bond acceptors (Lipinski definition) is 2. The lowest BCUT2D eigenvalue weighted by molar-refractivity contribution is 0.0745. The maximum Gasteiger partial charge on any atom is 0.255 e. The highest BCUT2D eigenvalue weighted by molar-refractivity contribution is 5.96. The van der Waals surface area contributed by atoms with Crippen LogP contribution in [0.4, 0.5) is 4.39 Å². The molecule has 0 fully saturated rings. The highest BCUT2D eigenvalue weighted by Crippen LogP contribution is 2.14. The van der Waals surface area contributed by atoms with Crippen LogP contribution in [0.25, 0.3) is 0 Å². The zero-order valence-electron chi connectivity index (χ0n) is 12.2. The average molecular weight is 276 g/mol. The normalized spacial score (nSPS) is 10.1. The van der Waals surface area contributed by atoms with Gasteiger partial charge < -0.3 is 10.6 Å². The van der Waals surface area contributed by atoms with Gasteiger partial charge in [0.2, 0.25) is 0 Å². The molecule has 0 atom stereocenters. The van der Waals surface area contributed by atoms with Gasteiger partial charge in [-0.15, -0.1) is 0 Å². The number of halogens is 1. The number of carbonyl (C=O) groups is 1. The van der Waals surface area contributed by atoms with Crippen molar-refractivity contribution in [1.82, 2.24) is 4.90 Å². The molecule has 0 saturated carbocycles. The maximum absolute atomic E-state index is 13.3. The maximum atomic E-state index is 13.3. The molecule has 2 N–H and O–H groups in total. The van der Waals surface area contributed by atoms with Gasteiger partial charge in [0, 0.05) is 18.7 Å². The Morgan fingerprint density at radius 2 is 2.15 bits per heavy atom. The Morgan fingerprint density at radius 3 is 2.70 bits per heavy atom. The fourth-order valence-corrected chi connectivity index (χ4v) is 1.92. The molecule has 4 heteroatoms. The summed E-state index contributed by atoms with van der Waals surface area (Å²) in [6.45, 7) is 7.47. The molecule has 0 aromatic heterocycles. The molecule has 108 valence electrons. The summed E-state index contributed by atoms with van der Waals surface area (Å²) in [5, 5.41) is 0. The standard InChI is InChI=1S/C16H21FN2O/c1-4-19(11-12(2)3)16(20)15-8-7-14(17)10-13(15)6-5-9-18/h7-8,10,12H,4,9,11,18H2,1-3H3. The lowest BCUT2D eigenvalue weighted by Crippen LogP contribution is -2.34. The van der Waals surface area contributed by atoms with Crippen molar-refractivity contribution in [1.29, 1.82) is 0 Å². The monoisotopic (exact) mass is 276 g/mol. The molecule has 3 nitrogen and oxygen atoms in total. The Kier molecular flexibility index (Phi) is 6.20. The van der Waals surface area contributed by atoms with Crippen LogP contribution in [0.3, 0.4) is 0 Å². The van der Waals surface area contributed by atoms with Crippen molar-refractivity contribution in [3.8, 4) is 11.8 Å². The van der Waals surface area contributed by atoms with Gasteiger partial charge in [0.05, 0.1) is 12.1 Å². The fourth-order valence-electron chi connectivity index (χ4n) is 1.92. The first-order valence-corrected chi connectivity index (χ1v) is 6.77. The molecule has 0 spiro atoms. The zero-order valence-corrected chi connectivity index (χ0v) is 12.2.